The number of hydrogen-bond donors (Lipinski definition) is 1. The van der Waals surface area contributed by atoms with Gasteiger partial charge in [-0.2, -0.15) is 11.3 Å². The highest BCUT2D eigenvalue weighted by Gasteiger charge is 2.15. The van der Waals surface area contributed by atoms with Gasteiger partial charge in [-0.1, -0.05) is 29.3 Å². The van der Waals surface area contributed by atoms with Gasteiger partial charge in [0.2, 0.25) is 5.91 Å². The quantitative estimate of drug-likeness (QED) is 0.782. The highest BCUT2D eigenvalue weighted by molar-refractivity contribution is 7.07. The van der Waals surface area contributed by atoms with Crippen molar-refractivity contribution in [2.75, 3.05) is 20.6 Å². The molecule has 124 valence electrons. The van der Waals surface area contributed by atoms with E-state index in [0.717, 1.165) is 5.56 Å². The van der Waals surface area contributed by atoms with Gasteiger partial charge < -0.3 is 10.2 Å². The van der Waals surface area contributed by atoms with Crippen LogP contribution < -0.4 is 5.32 Å². The van der Waals surface area contributed by atoms with Gasteiger partial charge in [-0.25, -0.2) is 0 Å². The van der Waals surface area contributed by atoms with Crippen LogP contribution >= 0.6 is 34.5 Å². The molecule has 1 aromatic heterocycles. The van der Waals surface area contributed by atoms with E-state index in [-0.39, 0.29) is 11.9 Å². The minimum absolute atomic E-state index is 0.0260. The van der Waals surface area contributed by atoms with Gasteiger partial charge in [0.1, 0.15) is 0 Å². The van der Waals surface area contributed by atoms with Crippen LogP contribution in [0.15, 0.2) is 35.0 Å². The summed E-state index contributed by atoms with van der Waals surface area (Å²) in [5, 5.41) is 8.39. The van der Waals surface area contributed by atoms with Crippen LogP contribution in [0.25, 0.3) is 0 Å². The summed E-state index contributed by atoms with van der Waals surface area (Å²) in [6.45, 7) is 0.594. The summed E-state index contributed by atoms with van der Waals surface area (Å²) >= 11 is 13.7. The lowest BCUT2D eigenvalue weighted by Crippen LogP contribution is -2.34. The first kappa shape index (κ1) is 18.3. The smallest absolute Gasteiger partial charge is 0.220 e. The number of aryl methyl sites for hydroxylation is 1. The predicted octanol–water partition coefficient (Wildman–Crippen LogP) is 4.41. The van der Waals surface area contributed by atoms with E-state index in [9.17, 15) is 4.79 Å². The number of carbonyl (C=O) groups is 1. The van der Waals surface area contributed by atoms with E-state index in [2.05, 4.69) is 27.0 Å². The predicted molar refractivity (Wildman–Crippen MR) is 98.5 cm³/mol. The van der Waals surface area contributed by atoms with Crippen molar-refractivity contribution in [2.24, 2.45) is 0 Å². The summed E-state index contributed by atoms with van der Waals surface area (Å²) in [4.78, 5) is 14.2. The van der Waals surface area contributed by atoms with Crippen molar-refractivity contribution in [3.63, 3.8) is 0 Å². The van der Waals surface area contributed by atoms with Crippen molar-refractivity contribution in [2.45, 2.75) is 18.9 Å². The zero-order valence-electron chi connectivity index (χ0n) is 13.2. The first-order chi connectivity index (χ1) is 11.0. The zero-order chi connectivity index (χ0) is 16.8. The molecule has 0 saturated heterocycles. The van der Waals surface area contributed by atoms with E-state index < -0.39 is 0 Å². The number of nitrogens with one attached hydrogen (secondary N) is 1. The normalized spacial score (nSPS) is 12.4. The summed E-state index contributed by atoms with van der Waals surface area (Å²) in [5.41, 5.74) is 2.16. The maximum absolute atomic E-state index is 12.1. The number of thiophene rings is 1. The first-order valence-electron chi connectivity index (χ1n) is 7.36. The van der Waals surface area contributed by atoms with Crippen molar-refractivity contribution < 1.29 is 4.79 Å². The minimum atomic E-state index is 0.0260. The molecule has 1 N–H and O–H groups in total. The standard InChI is InChI=1S/C17H20Cl2N2OS/c1-21(2)16(13-7-8-23-11-13)10-20-17(22)6-4-12-3-5-14(18)9-15(12)19/h3,5,7-9,11,16H,4,6,10H2,1-2H3,(H,20,22)/t16-/m1/s1. The molecule has 0 bridgehead atoms. The largest absolute Gasteiger partial charge is 0.354 e. The molecule has 0 radical (unpaired) electrons. The maximum atomic E-state index is 12.1. The SMILES string of the molecule is CN(C)[C@H](CNC(=O)CCc1ccc(Cl)cc1Cl)c1ccsc1. The molecular weight excluding hydrogens is 351 g/mol. The number of benzene rings is 1. The Hall–Kier alpha value is -1.07. The first-order valence-corrected chi connectivity index (χ1v) is 9.06. The molecule has 3 nitrogen and oxygen atoms in total. The topological polar surface area (TPSA) is 32.3 Å². The number of hydrogen-bond acceptors (Lipinski definition) is 3. The third-order valence-corrected chi connectivity index (χ3v) is 4.97. The van der Waals surface area contributed by atoms with Gasteiger partial charge in [0.25, 0.3) is 0 Å². The molecule has 1 atom stereocenters. The third kappa shape index (κ3) is 5.50. The fourth-order valence-corrected chi connectivity index (χ4v) is 3.54. The second-order valence-corrected chi connectivity index (χ2v) is 7.20. The number of nitrogens with zero attached hydrogens (tertiary/aromatic N) is 1. The second kappa shape index (κ2) is 8.69. The lowest BCUT2D eigenvalue weighted by atomic mass is 10.1. The van der Waals surface area contributed by atoms with E-state index in [1.807, 2.05) is 20.2 Å². The average molecular weight is 371 g/mol. The van der Waals surface area contributed by atoms with Crippen LogP contribution in [0.4, 0.5) is 0 Å². The van der Waals surface area contributed by atoms with Gasteiger partial charge in [-0.05, 0) is 60.6 Å². The number of rotatable bonds is 7. The molecule has 23 heavy (non-hydrogen) atoms. The number of amides is 1. The summed E-state index contributed by atoms with van der Waals surface area (Å²) in [5.74, 6) is 0.0260. The van der Waals surface area contributed by atoms with E-state index >= 15 is 0 Å². The molecule has 0 aliphatic carbocycles. The molecule has 6 heteroatoms. The van der Waals surface area contributed by atoms with Crippen LogP contribution in [-0.4, -0.2) is 31.4 Å². The average Bonchev–Trinajstić information content (AvgIpc) is 3.00. The molecule has 0 fully saturated rings. The van der Waals surface area contributed by atoms with Crippen molar-refractivity contribution in [3.8, 4) is 0 Å². The lowest BCUT2D eigenvalue weighted by Gasteiger charge is -2.24. The van der Waals surface area contributed by atoms with Gasteiger partial charge in [0.05, 0.1) is 6.04 Å². The summed E-state index contributed by atoms with van der Waals surface area (Å²) < 4.78 is 0. The summed E-state index contributed by atoms with van der Waals surface area (Å²) in [6.07, 6.45) is 1.01. The highest BCUT2D eigenvalue weighted by Crippen LogP contribution is 2.22. The molecule has 0 saturated carbocycles. The molecule has 2 rings (SSSR count). The Balaban J connectivity index is 1.84. The summed E-state index contributed by atoms with van der Waals surface area (Å²) in [7, 11) is 4.03. The molecule has 1 amide bonds. The van der Waals surface area contributed by atoms with Crippen LogP contribution in [0.2, 0.25) is 10.0 Å². The second-order valence-electron chi connectivity index (χ2n) is 5.58. The van der Waals surface area contributed by atoms with Gasteiger partial charge >= 0.3 is 0 Å². The van der Waals surface area contributed by atoms with Crippen molar-refractivity contribution in [1.29, 1.82) is 0 Å². The summed E-state index contributed by atoms with van der Waals surface area (Å²) in [6, 6.07) is 7.64. The van der Waals surface area contributed by atoms with Crippen LogP contribution in [0.5, 0.6) is 0 Å². The zero-order valence-corrected chi connectivity index (χ0v) is 15.5. The van der Waals surface area contributed by atoms with Crippen LogP contribution in [-0.2, 0) is 11.2 Å². The Morgan fingerprint density at radius 2 is 2.09 bits per heavy atom. The monoisotopic (exact) mass is 370 g/mol. The lowest BCUT2D eigenvalue weighted by molar-refractivity contribution is -0.121. The fraction of sp³-hybridized carbons (Fsp3) is 0.353. The highest BCUT2D eigenvalue weighted by atomic mass is 35.5. The molecule has 1 heterocycles. The molecule has 0 spiro atoms. The molecular formula is C17H20Cl2N2OS. The van der Waals surface area contributed by atoms with Crippen molar-refractivity contribution in [3.05, 3.63) is 56.2 Å². The van der Waals surface area contributed by atoms with E-state index in [0.29, 0.717) is 29.4 Å². The Kier molecular flexibility index (Phi) is 6.90. The van der Waals surface area contributed by atoms with Crippen LogP contribution in [0, 0.1) is 0 Å². The van der Waals surface area contributed by atoms with Crippen LogP contribution in [0.3, 0.4) is 0 Å². The number of likely N-dealkylation sites (N-methyl/N-ethyl adjacent to an activating group) is 1. The van der Waals surface area contributed by atoms with Crippen LogP contribution in [0.1, 0.15) is 23.6 Å². The molecule has 1 aromatic carbocycles. The Labute approximate surface area is 151 Å². The van der Waals surface area contributed by atoms with Gasteiger partial charge in [0, 0.05) is 23.0 Å². The Morgan fingerprint density at radius 3 is 2.70 bits per heavy atom. The third-order valence-electron chi connectivity index (χ3n) is 3.68. The van der Waals surface area contributed by atoms with Crippen molar-refractivity contribution >= 4 is 40.4 Å². The van der Waals surface area contributed by atoms with E-state index in [4.69, 9.17) is 23.2 Å². The van der Waals surface area contributed by atoms with Crippen molar-refractivity contribution in [1.82, 2.24) is 10.2 Å². The molecule has 0 aliphatic rings. The molecule has 0 aliphatic heterocycles. The Morgan fingerprint density at radius 1 is 1.30 bits per heavy atom. The maximum Gasteiger partial charge on any atom is 0.220 e. The van der Waals surface area contributed by atoms with Gasteiger partial charge in [0.15, 0.2) is 0 Å². The van der Waals surface area contributed by atoms with Gasteiger partial charge in [-0.3, -0.25) is 4.79 Å². The Bertz CT molecular complexity index is 644. The number of carbonyl (C=O) groups excluding carboxylic acids is 1. The van der Waals surface area contributed by atoms with Gasteiger partial charge in [-0.15, -0.1) is 0 Å². The fourth-order valence-electron chi connectivity index (χ4n) is 2.33. The minimum Gasteiger partial charge on any atom is -0.354 e. The van der Waals surface area contributed by atoms with E-state index in [1.165, 1.54) is 5.56 Å². The molecule has 0 unspecified atom stereocenters. The molecule has 2 aromatic rings. The number of halogens is 2. The van der Waals surface area contributed by atoms with E-state index in [1.54, 1.807) is 23.5 Å².